The van der Waals surface area contributed by atoms with Crippen molar-refractivity contribution in [3.63, 3.8) is 0 Å². The minimum atomic E-state index is 0.462. The molecule has 0 atom stereocenters. The quantitative estimate of drug-likeness (QED) is 0.229. The van der Waals surface area contributed by atoms with Crippen molar-refractivity contribution in [3.05, 3.63) is 96.1 Å². The van der Waals surface area contributed by atoms with Crippen LogP contribution in [0.15, 0.2) is 88.5 Å². The fourth-order valence-electron chi connectivity index (χ4n) is 3.70. The first-order valence-corrected chi connectivity index (χ1v) is 12.5. The zero-order chi connectivity index (χ0) is 24.7. The van der Waals surface area contributed by atoms with Gasteiger partial charge in [0.1, 0.15) is 17.3 Å². The van der Waals surface area contributed by atoms with Crippen LogP contribution in [0.2, 0.25) is 0 Å². The lowest BCUT2D eigenvalue weighted by Crippen LogP contribution is -2.04. The maximum atomic E-state index is 5.61. The minimum absolute atomic E-state index is 0.462. The van der Waals surface area contributed by atoms with Gasteiger partial charge in [0, 0.05) is 17.7 Å². The molecule has 3 aromatic carbocycles. The molecule has 0 amide bonds. The number of hydrogen-bond donors (Lipinski definition) is 0. The van der Waals surface area contributed by atoms with Crippen LogP contribution in [0.1, 0.15) is 24.2 Å². The van der Waals surface area contributed by atoms with Gasteiger partial charge in [-0.05, 0) is 61.0 Å². The Balaban J connectivity index is 1.38. The second-order valence-electron chi connectivity index (χ2n) is 7.85. The van der Waals surface area contributed by atoms with Crippen LogP contribution < -0.4 is 9.47 Å². The van der Waals surface area contributed by atoms with Crippen LogP contribution in [0.25, 0.3) is 17.1 Å². The van der Waals surface area contributed by atoms with Crippen molar-refractivity contribution in [1.82, 2.24) is 24.9 Å². The average molecular weight is 500 g/mol. The summed E-state index contributed by atoms with van der Waals surface area (Å²) in [6.45, 7) is 2.59. The van der Waals surface area contributed by atoms with Gasteiger partial charge in [-0.2, -0.15) is 4.98 Å². The molecule has 0 aliphatic rings. The molecule has 0 radical (unpaired) electrons. The molecule has 0 aliphatic heterocycles. The van der Waals surface area contributed by atoms with E-state index in [1.807, 2.05) is 73.7 Å². The maximum Gasteiger partial charge on any atom is 0.237 e. The van der Waals surface area contributed by atoms with Crippen molar-refractivity contribution in [2.45, 2.75) is 24.3 Å². The summed E-state index contributed by atoms with van der Waals surface area (Å²) in [6, 6.07) is 25.7. The Bertz CT molecular complexity index is 1400. The molecule has 36 heavy (non-hydrogen) atoms. The smallest absolute Gasteiger partial charge is 0.237 e. The molecule has 2 aromatic heterocycles. The van der Waals surface area contributed by atoms with E-state index in [1.54, 1.807) is 7.11 Å². The monoisotopic (exact) mass is 499 g/mol. The zero-order valence-electron chi connectivity index (χ0n) is 20.0. The third-order valence-corrected chi connectivity index (χ3v) is 6.37. The predicted octanol–water partition coefficient (Wildman–Crippen LogP) is 5.61. The summed E-state index contributed by atoms with van der Waals surface area (Å²) in [4.78, 5) is 4.55. The van der Waals surface area contributed by atoms with E-state index >= 15 is 0 Å². The van der Waals surface area contributed by atoms with Gasteiger partial charge in [0.25, 0.3) is 0 Å². The third-order valence-electron chi connectivity index (χ3n) is 5.45. The highest BCUT2D eigenvalue weighted by molar-refractivity contribution is 7.98. The molecule has 8 nitrogen and oxygen atoms in total. The lowest BCUT2D eigenvalue weighted by Gasteiger charge is -2.11. The van der Waals surface area contributed by atoms with E-state index in [4.69, 9.17) is 14.0 Å². The molecule has 0 aliphatic carbocycles. The Labute approximate surface area is 213 Å². The largest absolute Gasteiger partial charge is 0.497 e. The van der Waals surface area contributed by atoms with Gasteiger partial charge in [-0.1, -0.05) is 47.3 Å². The SMILES string of the molecule is CCOc1ccc(-n2c(Cc3ccccc3)nnc2SCc2nc(-c3ccc(OC)cc3)no2)cc1. The first kappa shape index (κ1) is 23.6. The minimum Gasteiger partial charge on any atom is -0.497 e. The highest BCUT2D eigenvalue weighted by Gasteiger charge is 2.17. The van der Waals surface area contributed by atoms with Crippen molar-refractivity contribution in [1.29, 1.82) is 0 Å². The topological polar surface area (TPSA) is 88.1 Å². The lowest BCUT2D eigenvalue weighted by molar-refractivity contribution is 0.340. The first-order chi connectivity index (χ1) is 17.7. The van der Waals surface area contributed by atoms with Gasteiger partial charge in [-0.3, -0.25) is 4.57 Å². The van der Waals surface area contributed by atoms with Gasteiger partial charge in [-0.25, -0.2) is 0 Å². The fraction of sp³-hybridized carbons (Fsp3) is 0.185. The van der Waals surface area contributed by atoms with E-state index < -0.39 is 0 Å². The van der Waals surface area contributed by atoms with Crippen LogP contribution in [0.5, 0.6) is 11.5 Å². The van der Waals surface area contributed by atoms with Crippen LogP contribution in [0, 0.1) is 0 Å². The van der Waals surface area contributed by atoms with Crippen molar-refractivity contribution in [3.8, 4) is 28.6 Å². The summed E-state index contributed by atoms with van der Waals surface area (Å²) >= 11 is 1.50. The fourth-order valence-corrected chi connectivity index (χ4v) is 4.51. The van der Waals surface area contributed by atoms with Crippen molar-refractivity contribution < 1.29 is 14.0 Å². The molecule has 5 rings (SSSR count). The molecule has 0 fully saturated rings. The Morgan fingerprint density at radius 1 is 0.889 bits per heavy atom. The zero-order valence-corrected chi connectivity index (χ0v) is 20.8. The number of hydrogen-bond acceptors (Lipinski definition) is 8. The Hall–Kier alpha value is -4.11. The maximum absolute atomic E-state index is 5.61. The Morgan fingerprint density at radius 2 is 1.64 bits per heavy atom. The number of nitrogens with zero attached hydrogens (tertiary/aromatic N) is 5. The molecule has 0 saturated carbocycles. The summed E-state index contributed by atoms with van der Waals surface area (Å²) in [5.41, 5.74) is 2.98. The van der Waals surface area contributed by atoms with E-state index in [0.717, 1.165) is 39.3 Å². The number of ether oxygens (including phenoxy) is 2. The standard InChI is InChI=1S/C27H25N5O3S/c1-3-34-23-15-11-21(12-16-23)32-24(17-19-7-5-4-6-8-19)29-30-27(32)36-18-25-28-26(31-35-25)20-9-13-22(33-2)14-10-20/h4-16H,3,17-18H2,1-2H3. The van der Waals surface area contributed by atoms with Gasteiger partial charge >= 0.3 is 0 Å². The van der Waals surface area contributed by atoms with Crippen LogP contribution >= 0.6 is 11.8 Å². The number of rotatable bonds is 10. The molecule has 0 spiro atoms. The summed E-state index contributed by atoms with van der Waals surface area (Å²) in [7, 11) is 1.63. The number of thioether (sulfide) groups is 1. The molecule has 182 valence electrons. The van der Waals surface area contributed by atoms with E-state index in [0.29, 0.717) is 30.5 Å². The Kier molecular flexibility index (Phi) is 7.28. The Morgan fingerprint density at radius 3 is 2.36 bits per heavy atom. The van der Waals surface area contributed by atoms with Crippen LogP contribution in [0.3, 0.4) is 0 Å². The highest BCUT2D eigenvalue weighted by atomic mass is 32.2. The molecule has 2 heterocycles. The van der Waals surface area contributed by atoms with Gasteiger partial charge in [0.05, 0.1) is 19.5 Å². The third kappa shape index (κ3) is 5.41. The molecule has 9 heteroatoms. The molecule has 0 saturated heterocycles. The van der Waals surface area contributed by atoms with Gasteiger partial charge in [-0.15, -0.1) is 10.2 Å². The van der Waals surface area contributed by atoms with Crippen LogP contribution in [0.4, 0.5) is 0 Å². The van der Waals surface area contributed by atoms with E-state index in [9.17, 15) is 0 Å². The van der Waals surface area contributed by atoms with Crippen LogP contribution in [-0.4, -0.2) is 38.6 Å². The number of methoxy groups -OCH3 is 1. The molecule has 0 unspecified atom stereocenters. The first-order valence-electron chi connectivity index (χ1n) is 11.5. The van der Waals surface area contributed by atoms with Gasteiger partial charge in [0.15, 0.2) is 5.16 Å². The van der Waals surface area contributed by atoms with Gasteiger partial charge < -0.3 is 14.0 Å². The van der Waals surface area contributed by atoms with E-state index in [1.165, 1.54) is 11.8 Å². The number of aromatic nitrogens is 5. The molecule has 0 bridgehead atoms. The lowest BCUT2D eigenvalue weighted by atomic mass is 10.1. The molecular weight excluding hydrogens is 474 g/mol. The summed E-state index contributed by atoms with van der Waals surface area (Å²) in [5, 5.41) is 13.9. The summed E-state index contributed by atoms with van der Waals surface area (Å²) < 4.78 is 18.4. The molecule has 5 aromatic rings. The molecule has 0 N–H and O–H groups in total. The van der Waals surface area contributed by atoms with Crippen LogP contribution in [-0.2, 0) is 12.2 Å². The molecular formula is C27H25N5O3S. The van der Waals surface area contributed by atoms with E-state index in [-0.39, 0.29) is 0 Å². The highest BCUT2D eigenvalue weighted by Crippen LogP contribution is 2.28. The second-order valence-corrected chi connectivity index (χ2v) is 8.79. The summed E-state index contributed by atoms with van der Waals surface area (Å²) in [5.74, 6) is 3.95. The van der Waals surface area contributed by atoms with Gasteiger partial charge in [0.2, 0.25) is 11.7 Å². The predicted molar refractivity (Wildman–Crippen MR) is 138 cm³/mol. The second kappa shape index (κ2) is 11.1. The average Bonchev–Trinajstić information content (AvgIpc) is 3.56. The normalized spacial score (nSPS) is 10.9. The summed E-state index contributed by atoms with van der Waals surface area (Å²) in [6.07, 6.45) is 0.657. The van der Waals surface area contributed by atoms with Crippen molar-refractivity contribution in [2.24, 2.45) is 0 Å². The number of benzene rings is 3. The van der Waals surface area contributed by atoms with Crippen molar-refractivity contribution in [2.75, 3.05) is 13.7 Å². The van der Waals surface area contributed by atoms with Crippen molar-refractivity contribution >= 4 is 11.8 Å². The van der Waals surface area contributed by atoms with E-state index in [2.05, 4.69) is 37.0 Å².